The Bertz CT molecular complexity index is 796. The van der Waals surface area contributed by atoms with Gasteiger partial charge in [0, 0.05) is 57.0 Å². The fourth-order valence-corrected chi connectivity index (χ4v) is 3.65. The highest BCUT2D eigenvalue weighted by Gasteiger charge is 2.30. The Hall–Kier alpha value is -2.64. The van der Waals surface area contributed by atoms with Crippen LogP contribution in [0.1, 0.15) is 34.9 Å². The van der Waals surface area contributed by atoms with Crippen molar-refractivity contribution in [1.29, 1.82) is 0 Å². The molecule has 1 atom stereocenters. The first kappa shape index (κ1) is 15.9. The highest BCUT2D eigenvalue weighted by atomic mass is 16.5. The van der Waals surface area contributed by atoms with Crippen molar-refractivity contribution in [3.8, 4) is 0 Å². The van der Waals surface area contributed by atoms with Crippen molar-refractivity contribution in [2.45, 2.75) is 32.9 Å². The standard InChI is InChI=1S/C17H21N5O3/c1-12-7-14(19-25-12)17(24)22-10-13(9-21-5-2-3-16(21)23)8-20-6-4-18-15(20)11-22/h4,6-7,13H,2-3,5,8-11H2,1H3. The molecule has 8 heteroatoms. The molecule has 2 aliphatic heterocycles. The van der Waals surface area contributed by atoms with Crippen LogP contribution in [-0.2, 0) is 17.9 Å². The van der Waals surface area contributed by atoms with E-state index in [1.807, 2.05) is 11.1 Å². The van der Waals surface area contributed by atoms with E-state index in [1.54, 1.807) is 24.1 Å². The molecule has 0 saturated carbocycles. The van der Waals surface area contributed by atoms with Crippen LogP contribution in [0.4, 0.5) is 0 Å². The number of amides is 2. The SMILES string of the molecule is Cc1cc(C(=O)N2Cc3nccn3CC(CN3CCCC3=O)C2)no1. The number of imidazole rings is 1. The van der Waals surface area contributed by atoms with E-state index in [-0.39, 0.29) is 17.7 Å². The normalized spacial score (nSPS) is 20.7. The highest BCUT2D eigenvalue weighted by Crippen LogP contribution is 2.21. The lowest BCUT2D eigenvalue weighted by molar-refractivity contribution is -0.128. The largest absolute Gasteiger partial charge is 0.361 e. The zero-order chi connectivity index (χ0) is 17.4. The van der Waals surface area contributed by atoms with Crippen molar-refractivity contribution < 1.29 is 14.1 Å². The van der Waals surface area contributed by atoms with Gasteiger partial charge < -0.3 is 18.9 Å². The van der Waals surface area contributed by atoms with Crippen LogP contribution in [0, 0.1) is 12.8 Å². The molecule has 25 heavy (non-hydrogen) atoms. The van der Waals surface area contributed by atoms with Gasteiger partial charge in [-0.2, -0.15) is 0 Å². The number of carbonyl (C=O) groups is 2. The predicted octanol–water partition coefficient (Wildman–Crippen LogP) is 1.07. The number of fused-ring (bicyclic) bond motifs is 1. The maximum absolute atomic E-state index is 12.8. The van der Waals surface area contributed by atoms with Gasteiger partial charge in [0.05, 0.1) is 6.54 Å². The molecular weight excluding hydrogens is 322 g/mol. The van der Waals surface area contributed by atoms with Gasteiger partial charge >= 0.3 is 0 Å². The van der Waals surface area contributed by atoms with Crippen LogP contribution in [0.3, 0.4) is 0 Å². The average molecular weight is 343 g/mol. The summed E-state index contributed by atoms with van der Waals surface area (Å²) in [4.78, 5) is 32.8. The number of carbonyl (C=O) groups excluding carboxylic acids is 2. The Morgan fingerprint density at radius 1 is 1.40 bits per heavy atom. The molecule has 0 N–H and O–H groups in total. The molecule has 0 bridgehead atoms. The quantitative estimate of drug-likeness (QED) is 0.832. The van der Waals surface area contributed by atoms with Crippen LogP contribution in [-0.4, -0.2) is 56.0 Å². The zero-order valence-corrected chi connectivity index (χ0v) is 14.2. The van der Waals surface area contributed by atoms with E-state index in [4.69, 9.17) is 4.52 Å². The number of rotatable bonds is 3. The Morgan fingerprint density at radius 3 is 3.00 bits per heavy atom. The van der Waals surface area contributed by atoms with Gasteiger partial charge in [-0.05, 0) is 13.3 Å². The number of hydrogen-bond donors (Lipinski definition) is 0. The average Bonchev–Trinajstić information content (AvgIpc) is 3.28. The lowest BCUT2D eigenvalue weighted by Crippen LogP contribution is -2.39. The first-order valence-corrected chi connectivity index (χ1v) is 8.60. The molecule has 2 aromatic heterocycles. The molecule has 1 saturated heterocycles. The summed E-state index contributed by atoms with van der Waals surface area (Å²) in [5.41, 5.74) is 0.313. The molecule has 0 aromatic carbocycles. The van der Waals surface area contributed by atoms with Crippen LogP contribution in [0.5, 0.6) is 0 Å². The second-order valence-electron chi connectivity index (χ2n) is 6.81. The van der Waals surface area contributed by atoms with Gasteiger partial charge in [0.25, 0.3) is 5.91 Å². The summed E-state index contributed by atoms with van der Waals surface area (Å²) >= 11 is 0. The van der Waals surface area contributed by atoms with Crippen molar-refractivity contribution in [1.82, 2.24) is 24.5 Å². The molecule has 1 fully saturated rings. The van der Waals surface area contributed by atoms with Crippen LogP contribution in [0.2, 0.25) is 0 Å². The summed E-state index contributed by atoms with van der Waals surface area (Å²) in [5, 5.41) is 3.85. The fourth-order valence-electron chi connectivity index (χ4n) is 3.65. The zero-order valence-electron chi connectivity index (χ0n) is 14.2. The molecule has 2 aromatic rings. The minimum atomic E-state index is -0.161. The maximum atomic E-state index is 12.8. The molecule has 8 nitrogen and oxygen atoms in total. The van der Waals surface area contributed by atoms with E-state index < -0.39 is 0 Å². The minimum Gasteiger partial charge on any atom is -0.361 e. The van der Waals surface area contributed by atoms with Gasteiger partial charge in [-0.1, -0.05) is 5.16 Å². The van der Waals surface area contributed by atoms with Crippen LogP contribution >= 0.6 is 0 Å². The van der Waals surface area contributed by atoms with E-state index in [2.05, 4.69) is 14.7 Å². The predicted molar refractivity (Wildman–Crippen MR) is 87.5 cm³/mol. The lowest BCUT2D eigenvalue weighted by Gasteiger charge is -2.26. The number of aromatic nitrogens is 3. The van der Waals surface area contributed by atoms with Gasteiger partial charge in [0.2, 0.25) is 5.91 Å². The van der Waals surface area contributed by atoms with Crippen LogP contribution in [0.25, 0.3) is 0 Å². The highest BCUT2D eigenvalue weighted by molar-refractivity contribution is 5.92. The second kappa shape index (κ2) is 6.34. The van der Waals surface area contributed by atoms with Gasteiger partial charge in [-0.3, -0.25) is 9.59 Å². The summed E-state index contributed by atoms with van der Waals surface area (Å²) in [6.07, 6.45) is 5.23. The molecule has 4 rings (SSSR count). The van der Waals surface area contributed by atoms with Crippen molar-refractivity contribution in [3.63, 3.8) is 0 Å². The molecule has 1 unspecified atom stereocenters. The Morgan fingerprint density at radius 2 is 2.28 bits per heavy atom. The van der Waals surface area contributed by atoms with Gasteiger partial charge in [0.1, 0.15) is 11.6 Å². The molecule has 2 aliphatic rings. The minimum absolute atomic E-state index is 0.161. The molecule has 0 aliphatic carbocycles. The summed E-state index contributed by atoms with van der Waals surface area (Å²) in [6.45, 7) is 4.99. The number of aryl methyl sites for hydroxylation is 1. The number of hydrogen-bond acceptors (Lipinski definition) is 5. The van der Waals surface area contributed by atoms with Gasteiger partial charge in [0.15, 0.2) is 5.69 Å². The van der Waals surface area contributed by atoms with Gasteiger partial charge in [-0.15, -0.1) is 0 Å². The Balaban J connectivity index is 1.56. The topological polar surface area (TPSA) is 84.5 Å². The monoisotopic (exact) mass is 343 g/mol. The summed E-state index contributed by atoms with van der Waals surface area (Å²) in [7, 11) is 0. The molecule has 0 spiro atoms. The molecule has 2 amide bonds. The third-order valence-electron chi connectivity index (χ3n) is 4.85. The molecule has 4 heterocycles. The van der Waals surface area contributed by atoms with Crippen molar-refractivity contribution in [2.24, 2.45) is 5.92 Å². The third kappa shape index (κ3) is 3.16. The molecular formula is C17H21N5O3. The van der Waals surface area contributed by atoms with E-state index in [0.717, 1.165) is 25.3 Å². The van der Waals surface area contributed by atoms with E-state index in [1.165, 1.54) is 0 Å². The number of nitrogens with zero attached hydrogens (tertiary/aromatic N) is 5. The first-order valence-electron chi connectivity index (χ1n) is 8.60. The van der Waals surface area contributed by atoms with E-state index in [9.17, 15) is 9.59 Å². The third-order valence-corrected chi connectivity index (χ3v) is 4.85. The number of likely N-dealkylation sites (tertiary alicyclic amines) is 1. The molecule has 0 radical (unpaired) electrons. The summed E-state index contributed by atoms with van der Waals surface area (Å²) in [5.74, 6) is 1.67. The van der Waals surface area contributed by atoms with Crippen molar-refractivity contribution >= 4 is 11.8 Å². The van der Waals surface area contributed by atoms with E-state index >= 15 is 0 Å². The maximum Gasteiger partial charge on any atom is 0.276 e. The Kier molecular flexibility index (Phi) is 4.03. The van der Waals surface area contributed by atoms with Crippen LogP contribution in [0.15, 0.2) is 23.0 Å². The lowest BCUT2D eigenvalue weighted by atomic mass is 10.1. The smallest absolute Gasteiger partial charge is 0.276 e. The van der Waals surface area contributed by atoms with Crippen molar-refractivity contribution in [3.05, 3.63) is 35.7 Å². The van der Waals surface area contributed by atoms with Crippen LogP contribution < -0.4 is 0 Å². The molecule has 132 valence electrons. The Labute approximate surface area is 145 Å². The van der Waals surface area contributed by atoms with Gasteiger partial charge in [-0.25, -0.2) is 4.98 Å². The second-order valence-corrected chi connectivity index (χ2v) is 6.81. The van der Waals surface area contributed by atoms with E-state index in [0.29, 0.717) is 37.5 Å². The van der Waals surface area contributed by atoms with Crippen molar-refractivity contribution in [2.75, 3.05) is 19.6 Å². The first-order chi connectivity index (χ1) is 12.1. The summed E-state index contributed by atoms with van der Waals surface area (Å²) in [6, 6.07) is 1.65. The fraction of sp³-hybridized carbons (Fsp3) is 0.529. The summed E-state index contributed by atoms with van der Waals surface area (Å²) < 4.78 is 7.12.